The van der Waals surface area contributed by atoms with Crippen LogP contribution in [-0.2, 0) is 0 Å². The second kappa shape index (κ2) is 9.04. The molecular weight excluding hydrogens is 244 g/mol. The normalized spacial score (nSPS) is 23.6. The Morgan fingerprint density at radius 1 is 1.15 bits per heavy atom. The fraction of sp³-hybridized carbons (Fsp3) is 1.00. The third-order valence-electron chi connectivity index (χ3n) is 4.94. The Labute approximate surface area is 127 Å². The van der Waals surface area contributed by atoms with E-state index in [0.717, 1.165) is 12.5 Å². The van der Waals surface area contributed by atoms with E-state index in [1.807, 2.05) is 0 Å². The summed E-state index contributed by atoms with van der Waals surface area (Å²) in [6, 6.07) is 0.646. The molecule has 1 rings (SSSR count). The Bertz CT molecular complexity index is 244. The molecule has 2 unspecified atom stereocenters. The summed E-state index contributed by atoms with van der Waals surface area (Å²) in [4.78, 5) is 2.71. The fourth-order valence-corrected chi connectivity index (χ4v) is 3.33. The van der Waals surface area contributed by atoms with Crippen LogP contribution in [0.2, 0.25) is 0 Å². The fourth-order valence-electron chi connectivity index (χ4n) is 3.33. The van der Waals surface area contributed by atoms with Crippen molar-refractivity contribution in [2.24, 2.45) is 11.3 Å². The van der Waals surface area contributed by atoms with E-state index < -0.39 is 0 Å². The van der Waals surface area contributed by atoms with Crippen LogP contribution < -0.4 is 5.32 Å². The van der Waals surface area contributed by atoms with Crippen LogP contribution in [0.4, 0.5) is 0 Å². The van der Waals surface area contributed by atoms with Crippen LogP contribution in [0, 0.1) is 11.3 Å². The molecule has 120 valence electrons. The molecule has 2 heteroatoms. The van der Waals surface area contributed by atoms with Gasteiger partial charge in [-0.05, 0) is 69.6 Å². The Balaban J connectivity index is 2.38. The first-order valence-corrected chi connectivity index (χ1v) is 8.93. The minimum absolute atomic E-state index is 0.368. The first kappa shape index (κ1) is 18.0. The van der Waals surface area contributed by atoms with Crippen molar-refractivity contribution in [3.8, 4) is 0 Å². The maximum atomic E-state index is 3.76. The third-order valence-corrected chi connectivity index (χ3v) is 4.94. The van der Waals surface area contributed by atoms with Gasteiger partial charge in [0.15, 0.2) is 0 Å². The van der Waals surface area contributed by atoms with Gasteiger partial charge in [0.25, 0.3) is 0 Å². The molecule has 0 radical (unpaired) electrons. The summed E-state index contributed by atoms with van der Waals surface area (Å²) >= 11 is 0. The number of hydrogen-bond donors (Lipinski definition) is 1. The number of nitrogens with one attached hydrogen (secondary N) is 1. The lowest BCUT2D eigenvalue weighted by atomic mass is 9.84. The van der Waals surface area contributed by atoms with Gasteiger partial charge in [-0.3, -0.25) is 0 Å². The largest absolute Gasteiger partial charge is 0.313 e. The minimum atomic E-state index is 0.368. The van der Waals surface area contributed by atoms with Gasteiger partial charge in [0.2, 0.25) is 0 Å². The van der Waals surface area contributed by atoms with Crippen molar-refractivity contribution in [2.45, 2.75) is 79.2 Å². The summed E-state index contributed by atoms with van der Waals surface area (Å²) in [5.41, 5.74) is 0.368. The van der Waals surface area contributed by atoms with Gasteiger partial charge in [-0.1, -0.05) is 41.0 Å². The second-order valence-corrected chi connectivity index (χ2v) is 7.71. The number of likely N-dealkylation sites (tertiary alicyclic amines) is 1. The molecule has 0 saturated carbocycles. The van der Waals surface area contributed by atoms with Crippen LogP contribution in [0.15, 0.2) is 0 Å². The first-order valence-electron chi connectivity index (χ1n) is 8.93. The summed E-state index contributed by atoms with van der Waals surface area (Å²) in [6.45, 7) is 16.8. The predicted molar refractivity (Wildman–Crippen MR) is 90.2 cm³/mol. The van der Waals surface area contributed by atoms with Gasteiger partial charge >= 0.3 is 0 Å². The molecular formula is C18H38N2. The van der Waals surface area contributed by atoms with Crippen molar-refractivity contribution in [2.75, 3.05) is 26.2 Å². The number of rotatable bonds is 7. The van der Waals surface area contributed by atoms with Gasteiger partial charge < -0.3 is 10.2 Å². The predicted octanol–water partition coefficient (Wildman–Crippen LogP) is 4.30. The van der Waals surface area contributed by atoms with E-state index >= 15 is 0 Å². The van der Waals surface area contributed by atoms with E-state index in [-0.39, 0.29) is 0 Å². The molecule has 1 N–H and O–H groups in total. The monoisotopic (exact) mass is 282 g/mol. The molecule has 0 aromatic rings. The van der Waals surface area contributed by atoms with Gasteiger partial charge in [0, 0.05) is 6.04 Å². The van der Waals surface area contributed by atoms with Crippen molar-refractivity contribution in [3.05, 3.63) is 0 Å². The molecule has 1 fully saturated rings. The maximum Gasteiger partial charge on any atom is 0.0128 e. The highest BCUT2D eigenvalue weighted by Gasteiger charge is 2.24. The summed E-state index contributed by atoms with van der Waals surface area (Å²) in [7, 11) is 0. The van der Waals surface area contributed by atoms with Crippen LogP contribution in [0.5, 0.6) is 0 Å². The van der Waals surface area contributed by atoms with E-state index in [4.69, 9.17) is 0 Å². The van der Waals surface area contributed by atoms with Crippen molar-refractivity contribution < 1.29 is 0 Å². The summed E-state index contributed by atoms with van der Waals surface area (Å²) in [5.74, 6) is 0.983. The molecule has 0 bridgehead atoms. The Morgan fingerprint density at radius 2 is 1.90 bits per heavy atom. The third kappa shape index (κ3) is 6.58. The van der Waals surface area contributed by atoms with Crippen molar-refractivity contribution in [1.82, 2.24) is 10.2 Å². The summed E-state index contributed by atoms with van der Waals surface area (Å²) in [5, 5.41) is 3.76. The average Bonchev–Trinajstić information content (AvgIpc) is 2.62. The van der Waals surface area contributed by atoms with Crippen LogP contribution in [-0.4, -0.2) is 37.1 Å². The van der Waals surface area contributed by atoms with Crippen molar-refractivity contribution >= 4 is 0 Å². The van der Waals surface area contributed by atoms with Crippen molar-refractivity contribution in [1.29, 1.82) is 0 Å². The maximum absolute atomic E-state index is 3.76. The standard InChI is InChI=1S/C18H38N2/c1-6-12-19-17(18(3,4)5)11-15-20-13-8-9-16(7-2)10-14-20/h16-17,19H,6-15H2,1-5H3. The molecule has 1 heterocycles. The van der Waals surface area contributed by atoms with Crippen LogP contribution in [0.25, 0.3) is 0 Å². The SMILES string of the molecule is CCCNC(CCN1CCCC(CC)CC1)C(C)(C)C. The topological polar surface area (TPSA) is 15.3 Å². The second-order valence-electron chi connectivity index (χ2n) is 7.71. The van der Waals surface area contributed by atoms with Gasteiger partial charge in [0.1, 0.15) is 0 Å². The van der Waals surface area contributed by atoms with Crippen LogP contribution in [0.3, 0.4) is 0 Å². The molecule has 1 aliphatic rings. The van der Waals surface area contributed by atoms with E-state index in [9.17, 15) is 0 Å². The highest BCUT2D eigenvalue weighted by atomic mass is 15.1. The van der Waals surface area contributed by atoms with E-state index in [0.29, 0.717) is 11.5 Å². The van der Waals surface area contributed by atoms with Gasteiger partial charge in [-0.2, -0.15) is 0 Å². The average molecular weight is 283 g/mol. The lowest BCUT2D eigenvalue weighted by molar-refractivity contribution is 0.206. The zero-order chi connectivity index (χ0) is 15.0. The highest BCUT2D eigenvalue weighted by molar-refractivity contribution is 4.82. The van der Waals surface area contributed by atoms with Crippen LogP contribution in [0.1, 0.15) is 73.1 Å². The molecule has 2 atom stereocenters. The Morgan fingerprint density at radius 3 is 2.50 bits per heavy atom. The summed E-state index contributed by atoms with van der Waals surface area (Å²) in [6.07, 6.45) is 8.16. The Hall–Kier alpha value is -0.0800. The van der Waals surface area contributed by atoms with Crippen LogP contribution >= 0.6 is 0 Å². The highest BCUT2D eigenvalue weighted by Crippen LogP contribution is 2.24. The quantitative estimate of drug-likeness (QED) is 0.749. The Kier molecular flexibility index (Phi) is 8.13. The van der Waals surface area contributed by atoms with E-state index in [2.05, 4.69) is 44.8 Å². The van der Waals surface area contributed by atoms with Gasteiger partial charge in [0.05, 0.1) is 0 Å². The summed E-state index contributed by atoms with van der Waals surface area (Å²) < 4.78 is 0. The molecule has 0 spiro atoms. The molecule has 0 aliphatic carbocycles. The molecule has 1 aliphatic heterocycles. The number of nitrogens with zero attached hydrogens (tertiary/aromatic N) is 1. The van der Waals surface area contributed by atoms with Gasteiger partial charge in [-0.15, -0.1) is 0 Å². The molecule has 0 aromatic heterocycles. The smallest absolute Gasteiger partial charge is 0.0128 e. The van der Waals surface area contributed by atoms with Crippen molar-refractivity contribution in [3.63, 3.8) is 0 Å². The minimum Gasteiger partial charge on any atom is -0.313 e. The molecule has 2 nitrogen and oxygen atoms in total. The molecule has 1 saturated heterocycles. The lowest BCUT2D eigenvalue weighted by Crippen LogP contribution is -2.43. The first-order chi connectivity index (χ1) is 9.47. The zero-order valence-corrected chi connectivity index (χ0v) is 14.7. The van der Waals surface area contributed by atoms with E-state index in [1.165, 1.54) is 58.2 Å². The zero-order valence-electron chi connectivity index (χ0n) is 14.7. The molecule has 20 heavy (non-hydrogen) atoms. The molecule has 0 aromatic carbocycles. The van der Waals surface area contributed by atoms with E-state index in [1.54, 1.807) is 0 Å². The lowest BCUT2D eigenvalue weighted by Gasteiger charge is -2.33. The molecule has 0 amide bonds. The van der Waals surface area contributed by atoms with Gasteiger partial charge in [-0.25, -0.2) is 0 Å². The number of hydrogen-bond acceptors (Lipinski definition) is 2.